The Bertz CT molecular complexity index is 389. The fourth-order valence-electron chi connectivity index (χ4n) is 0.432. The standard InChI is InChI=1S/CHN9O2/c2-5-7-9-1(3-6-8-9)4-10(11)12/h(H,3,4,8). The van der Waals surface area contributed by atoms with Crippen LogP contribution in [0.25, 0.3) is 10.4 Å². The van der Waals surface area contributed by atoms with Gasteiger partial charge in [0.05, 0.1) is 0 Å². The largest absolute Gasteiger partial charge is 0.437 e. The van der Waals surface area contributed by atoms with E-state index in [9.17, 15) is 10.1 Å². The summed E-state index contributed by atoms with van der Waals surface area (Å²) in [6, 6.07) is 0. The lowest BCUT2D eigenvalue weighted by Gasteiger charge is -1.75. The van der Waals surface area contributed by atoms with Gasteiger partial charge < -0.3 is 0 Å². The van der Waals surface area contributed by atoms with E-state index in [1.54, 1.807) is 0 Å². The van der Waals surface area contributed by atoms with Crippen LogP contribution in [0.3, 0.4) is 0 Å². The average molecular weight is 171 g/mol. The monoisotopic (exact) mass is 171 g/mol. The Morgan fingerprint density at radius 3 is 3.17 bits per heavy atom. The highest BCUT2D eigenvalue weighted by Crippen LogP contribution is 1.70. The summed E-state index contributed by atoms with van der Waals surface area (Å²) in [6.07, 6.45) is 0. The summed E-state index contributed by atoms with van der Waals surface area (Å²) in [5.41, 5.74) is 7.51. The molecule has 62 valence electrons. The van der Waals surface area contributed by atoms with Gasteiger partial charge in [0.15, 0.2) is 5.03 Å². The molecule has 0 aromatic carbocycles. The maximum Gasteiger partial charge on any atom is 0.437 e. The summed E-state index contributed by atoms with van der Waals surface area (Å²) in [6.45, 7) is 0. The third-order valence-electron chi connectivity index (χ3n) is 0.769. The Morgan fingerprint density at radius 2 is 2.58 bits per heavy atom. The van der Waals surface area contributed by atoms with Crippen LogP contribution in [0.15, 0.2) is 10.3 Å². The predicted octanol–water partition coefficient (Wildman–Crippen LogP) is -1.23. The number of hydrogen-bond donors (Lipinski definition) is 1. The van der Waals surface area contributed by atoms with Crippen LogP contribution < -0.4 is 5.62 Å². The SMILES string of the molecule is [N-]=[N+]=Nn1[nH]nn/c1=N/[N+](=O)[O-]. The Balaban J connectivity index is 3.24. The van der Waals surface area contributed by atoms with E-state index in [4.69, 9.17) is 5.53 Å². The first-order chi connectivity index (χ1) is 5.74. The second-order valence-electron chi connectivity index (χ2n) is 1.43. The van der Waals surface area contributed by atoms with Gasteiger partial charge in [-0.3, -0.25) is 0 Å². The number of aromatic amines is 1. The minimum absolute atomic E-state index is 0.433. The lowest BCUT2D eigenvalue weighted by molar-refractivity contribution is -0.491. The first-order valence-corrected chi connectivity index (χ1v) is 2.48. The normalized spacial score (nSPS) is 10.8. The van der Waals surface area contributed by atoms with E-state index in [1.165, 1.54) is 0 Å². The molecule has 1 aromatic heterocycles. The summed E-state index contributed by atoms with van der Waals surface area (Å²) < 4.78 is 0. The highest BCUT2D eigenvalue weighted by molar-refractivity contribution is 4.46. The first-order valence-electron chi connectivity index (χ1n) is 2.48. The van der Waals surface area contributed by atoms with Gasteiger partial charge in [0.1, 0.15) is 5.10 Å². The van der Waals surface area contributed by atoms with Crippen molar-refractivity contribution in [3.8, 4) is 0 Å². The van der Waals surface area contributed by atoms with E-state index in [-0.39, 0.29) is 0 Å². The van der Waals surface area contributed by atoms with Crippen molar-refractivity contribution in [1.29, 1.82) is 0 Å². The number of nitrogens with zero attached hydrogens (tertiary/aromatic N) is 8. The average Bonchev–Trinajstić information content (AvgIpc) is 2.37. The van der Waals surface area contributed by atoms with Crippen molar-refractivity contribution in [2.24, 2.45) is 10.3 Å². The molecule has 11 heteroatoms. The van der Waals surface area contributed by atoms with Crippen LogP contribution in [0.5, 0.6) is 0 Å². The second-order valence-corrected chi connectivity index (χ2v) is 1.43. The molecule has 1 heterocycles. The molecule has 0 aliphatic heterocycles. The van der Waals surface area contributed by atoms with Crippen LogP contribution in [0, 0.1) is 10.1 Å². The number of hydrogen-bond acceptors (Lipinski definition) is 5. The number of nitro groups is 1. The lowest BCUT2D eigenvalue weighted by atomic mass is 11.2. The van der Waals surface area contributed by atoms with Gasteiger partial charge in [-0.15, -0.1) is 10.7 Å². The zero-order valence-electron chi connectivity index (χ0n) is 5.39. The molecule has 11 nitrogen and oxygen atoms in total. The zero-order chi connectivity index (χ0) is 8.97. The van der Waals surface area contributed by atoms with E-state index in [1.807, 2.05) is 5.21 Å². The van der Waals surface area contributed by atoms with E-state index >= 15 is 0 Å². The maximum absolute atomic E-state index is 9.83. The number of aromatic nitrogens is 4. The van der Waals surface area contributed by atoms with Crippen LogP contribution >= 0.6 is 0 Å². The molecule has 0 fully saturated rings. The Morgan fingerprint density at radius 1 is 1.83 bits per heavy atom. The Kier molecular flexibility index (Phi) is 1.99. The molecule has 0 saturated heterocycles. The Hall–Kier alpha value is -2.42. The summed E-state index contributed by atoms with van der Waals surface area (Å²) in [5.74, 6) is 0. The van der Waals surface area contributed by atoms with Crippen LogP contribution in [0.2, 0.25) is 0 Å². The van der Waals surface area contributed by atoms with Gasteiger partial charge >= 0.3 is 5.62 Å². The molecule has 1 N–H and O–H groups in total. The summed E-state index contributed by atoms with van der Waals surface area (Å²) >= 11 is 0. The fraction of sp³-hybridized carbons (Fsp3) is 0. The predicted molar refractivity (Wildman–Crippen MR) is 31.5 cm³/mol. The molecule has 0 atom stereocenters. The summed E-state index contributed by atoms with van der Waals surface area (Å²) in [4.78, 5) is 12.8. The number of nitrogens with one attached hydrogen (secondary N) is 1. The fourth-order valence-corrected chi connectivity index (χ4v) is 0.432. The summed E-state index contributed by atoms with van der Waals surface area (Å²) in [5, 5.41) is 22.9. The molecule has 1 rings (SSSR count). The van der Waals surface area contributed by atoms with Gasteiger partial charge in [-0.05, 0) is 10.0 Å². The van der Waals surface area contributed by atoms with Crippen molar-refractivity contribution in [1.82, 2.24) is 20.3 Å². The van der Waals surface area contributed by atoms with Crippen molar-refractivity contribution in [2.45, 2.75) is 0 Å². The molecule has 0 amide bonds. The van der Waals surface area contributed by atoms with Crippen molar-refractivity contribution in [3.05, 3.63) is 26.2 Å². The minimum Gasteiger partial charge on any atom is -0.233 e. The maximum atomic E-state index is 9.83. The first kappa shape index (κ1) is 7.68. The molecule has 1 aromatic rings. The molecular weight excluding hydrogens is 170 g/mol. The zero-order valence-corrected chi connectivity index (χ0v) is 5.39. The molecule has 0 radical (unpaired) electrons. The molecule has 0 saturated carbocycles. The summed E-state index contributed by atoms with van der Waals surface area (Å²) in [7, 11) is 0. The van der Waals surface area contributed by atoms with E-state index in [0.717, 1.165) is 0 Å². The highest BCUT2D eigenvalue weighted by Gasteiger charge is 2.03. The number of azide groups is 1. The third-order valence-corrected chi connectivity index (χ3v) is 0.769. The number of tetrazole rings is 1. The van der Waals surface area contributed by atoms with Gasteiger partial charge in [-0.1, -0.05) is 5.10 Å². The number of H-pyrrole nitrogens is 1. The van der Waals surface area contributed by atoms with Crippen molar-refractivity contribution < 1.29 is 5.03 Å². The third kappa shape index (κ3) is 1.54. The van der Waals surface area contributed by atoms with Crippen molar-refractivity contribution in [3.63, 3.8) is 0 Å². The van der Waals surface area contributed by atoms with Gasteiger partial charge in [-0.2, -0.15) is 4.91 Å². The van der Waals surface area contributed by atoms with Crippen LogP contribution in [-0.4, -0.2) is 25.3 Å². The van der Waals surface area contributed by atoms with Gasteiger partial charge in [0.2, 0.25) is 0 Å². The van der Waals surface area contributed by atoms with Crippen LogP contribution in [0.4, 0.5) is 0 Å². The smallest absolute Gasteiger partial charge is 0.233 e. The topological polar surface area (TPSA) is 151 Å². The quantitative estimate of drug-likeness (QED) is 0.194. The second kappa shape index (κ2) is 3.12. The van der Waals surface area contributed by atoms with Gasteiger partial charge in [-0.25, -0.2) is 10.1 Å². The molecule has 12 heavy (non-hydrogen) atoms. The van der Waals surface area contributed by atoms with E-state index in [2.05, 4.69) is 25.5 Å². The minimum atomic E-state index is -0.985. The molecule has 0 aliphatic rings. The lowest BCUT2D eigenvalue weighted by Crippen LogP contribution is -2.17. The Labute approximate surface area is 63.0 Å². The highest BCUT2D eigenvalue weighted by atomic mass is 16.7. The molecule has 0 spiro atoms. The van der Waals surface area contributed by atoms with Gasteiger partial charge in [0, 0.05) is 5.22 Å². The molecule has 0 aliphatic carbocycles. The van der Waals surface area contributed by atoms with Crippen LogP contribution in [0.1, 0.15) is 0 Å². The van der Waals surface area contributed by atoms with E-state index in [0.29, 0.717) is 4.79 Å². The molecular formula is CHN9O2. The molecule has 0 bridgehead atoms. The number of rotatable bonds is 2. The van der Waals surface area contributed by atoms with Crippen LogP contribution in [-0.2, 0) is 0 Å². The molecule has 0 unspecified atom stereocenters. The van der Waals surface area contributed by atoms with Gasteiger partial charge in [0.25, 0.3) is 0 Å². The van der Waals surface area contributed by atoms with Crippen molar-refractivity contribution in [2.75, 3.05) is 0 Å². The van der Waals surface area contributed by atoms with E-state index < -0.39 is 10.7 Å². The van der Waals surface area contributed by atoms with Crippen molar-refractivity contribution >= 4 is 0 Å².